The van der Waals surface area contributed by atoms with Gasteiger partial charge in [0.05, 0.1) is 12.1 Å². The largest absolute Gasteiger partial charge is 0.480 e. The Kier molecular flexibility index (Phi) is 19.9. The van der Waals surface area contributed by atoms with Gasteiger partial charge in [0, 0.05) is 40.1 Å². The Morgan fingerprint density at radius 1 is 0.486 bits per heavy atom. The van der Waals surface area contributed by atoms with E-state index in [4.69, 9.17) is 55.9 Å². The average molecular weight is 1280 g/mol. The summed E-state index contributed by atoms with van der Waals surface area (Å²) in [7, 11) is 0. The van der Waals surface area contributed by atoms with Crippen LogP contribution >= 0.6 is 91.6 Å². The van der Waals surface area contributed by atoms with Crippen LogP contribution in [0.2, 0.25) is 20.1 Å². The van der Waals surface area contributed by atoms with E-state index < -0.39 is 60.5 Å². The molecule has 0 aromatic heterocycles. The van der Waals surface area contributed by atoms with Crippen molar-refractivity contribution in [2.24, 2.45) is 0 Å². The van der Waals surface area contributed by atoms with Gasteiger partial charge < -0.3 is 29.5 Å². The van der Waals surface area contributed by atoms with E-state index >= 15 is 0 Å². The quantitative estimate of drug-likeness (QED) is 0.0916. The summed E-state index contributed by atoms with van der Waals surface area (Å²) in [6, 6.07) is 41.3. The highest BCUT2D eigenvalue weighted by Gasteiger charge is 2.50. The van der Waals surface area contributed by atoms with Crippen LogP contribution in [0, 0.1) is 7.14 Å². The van der Waals surface area contributed by atoms with Gasteiger partial charge in [-0.15, -0.1) is 0 Å². The Balaban J connectivity index is 0.000000211. The number of amides is 2. The molecule has 0 radical (unpaired) electrons. The van der Waals surface area contributed by atoms with Gasteiger partial charge in [0.15, 0.2) is 0 Å². The SMILES string of the molecule is CCC[C@@H](C(=O)O)N1C(=O)[C@@H](Cc2ccc(I)cc2)O[C@H](c2ccc(Cl)cc2)[C@@H]1c1ccc(Cl)cc1.CCC[C@H](C(=O)O)N1C(=O)[C@H](Cc2ccc(I)cc2)O[C@@H](c2ccc(Cl)cc2)[C@H]1c1ccc(Cl)cc1. The number of carbonyl (C=O) groups is 4. The maximum absolute atomic E-state index is 14.0. The highest BCUT2D eigenvalue weighted by Crippen LogP contribution is 2.46. The molecule has 6 aromatic rings. The molecule has 2 aliphatic rings. The molecule has 2 N–H and O–H groups in total. The summed E-state index contributed by atoms with van der Waals surface area (Å²) < 4.78 is 15.2. The molecule has 6 aromatic carbocycles. The maximum Gasteiger partial charge on any atom is 0.326 e. The molecule has 8 atom stereocenters. The zero-order valence-electron chi connectivity index (χ0n) is 39.2. The molecule has 2 heterocycles. The minimum Gasteiger partial charge on any atom is -0.480 e. The first-order chi connectivity index (χ1) is 34.6. The number of ether oxygens (including phenoxy) is 2. The van der Waals surface area contributed by atoms with E-state index in [0.29, 0.717) is 58.6 Å². The zero-order chi connectivity index (χ0) is 51.6. The summed E-state index contributed by atoms with van der Waals surface area (Å²) in [4.78, 5) is 56.0. The second-order valence-electron chi connectivity index (χ2n) is 17.6. The highest BCUT2D eigenvalue weighted by molar-refractivity contribution is 14.1. The van der Waals surface area contributed by atoms with Crippen LogP contribution in [0.15, 0.2) is 146 Å². The number of carboxylic acids is 2. The van der Waals surface area contributed by atoms with E-state index in [1.807, 2.05) is 111 Å². The van der Waals surface area contributed by atoms with E-state index in [0.717, 1.165) is 40.5 Å². The first-order valence-electron chi connectivity index (χ1n) is 23.5. The van der Waals surface area contributed by atoms with Crippen LogP contribution in [-0.2, 0) is 41.5 Å². The first-order valence-corrected chi connectivity index (χ1v) is 27.1. The number of rotatable bonds is 16. The van der Waals surface area contributed by atoms with Crippen molar-refractivity contribution in [2.45, 2.75) is 101 Å². The molecule has 0 saturated carbocycles. The molecule has 0 spiro atoms. The topological polar surface area (TPSA) is 134 Å². The molecule has 2 fully saturated rings. The molecular weight excluding hydrogens is 1220 g/mol. The monoisotopic (exact) mass is 1270 g/mol. The summed E-state index contributed by atoms with van der Waals surface area (Å²) in [5.41, 5.74) is 5.01. The molecule has 0 unspecified atom stereocenters. The normalized spacial score (nSPS) is 20.8. The number of halogens is 6. The van der Waals surface area contributed by atoms with Crippen molar-refractivity contribution >= 4 is 115 Å². The number of aliphatic carboxylic acids is 2. The lowest BCUT2D eigenvalue weighted by atomic mass is 9.88. The van der Waals surface area contributed by atoms with Gasteiger partial charge in [0.1, 0.15) is 36.5 Å². The van der Waals surface area contributed by atoms with Crippen LogP contribution < -0.4 is 0 Å². The second kappa shape index (κ2) is 25.8. The summed E-state index contributed by atoms with van der Waals surface area (Å²) >= 11 is 29.1. The standard InChI is InChI=1S/2C28H26Cl2INO4/c2*1-2-3-23(28(34)35)32-25(18-6-10-20(29)11-7-18)26(19-8-12-21(30)13-9-19)36-24(27(32)33)16-17-4-14-22(31)15-5-17/h2*4-15,23-26H,2-3,16H2,1H3,(H,34,35)/t2*23-,24+,25-,26+/m10/s1. The zero-order valence-corrected chi connectivity index (χ0v) is 46.6. The number of carbonyl (C=O) groups excluding carboxylic acids is 2. The van der Waals surface area contributed by atoms with Gasteiger partial charge in [0.25, 0.3) is 11.8 Å². The van der Waals surface area contributed by atoms with Crippen molar-refractivity contribution in [1.82, 2.24) is 9.80 Å². The van der Waals surface area contributed by atoms with E-state index in [9.17, 15) is 29.4 Å². The third kappa shape index (κ3) is 13.7. The van der Waals surface area contributed by atoms with Crippen molar-refractivity contribution in [2.75, 3.05) is 0 Å². The Morgan fingerprint density at radius 3 is 1.03 bits per heavy atom. The van der Waals surface area contributed by atoms with E-state index in [-0.39, 0.29) is 11.8 Å². The predicted molar refractivity (Wildman–Crippen MR) is 299 cm³/mol. The molecule has 0 aliphatic carbocycles. The number of carboxylic acid groups (broad SMARTS) is 2. The fourth-order valence-corrected chi connectivity index (χ4v) is 10.5. The Bertz CT molecular complexity index is 2600. The lowest BCUT2D eigenvalue weighted by Crippen LogP contribution is -2.57. The highest BCUT2D eigenvalue weighted by atomic mass is 127. The fourth-order valence-electron chi connectivity index (χ4n) is 9.28. The van der Waals surface area contributed by atoms with Crippen LogP contribution in [0.1, 0.15) is 97.2 Å². The van der Waals surface area contributed by atoms with E-state index in [1.165, 1.54) is 9.80 Å². The number of nitrogens with zero attached hydrogens (tertiary/aromatic N) is 2. The third-order valence-corrected chi connectivity index (χ3v) is 15.2. The molecule has 16 heteroatoms. The van der Waals surface area contributed by atoms with Crippen LogP contribution in [0.3, 0.4) is 0 Å². The molecule has 8 rings (SSSR count). The summed E-state index contributed by atoms with van der Waals surface area (Å²) in [5, 5.41) is 22.7. The summed E-state index contributed by atoms with van der Waals surface area (Å²) in [6.45, 7) is 3.83. The van der Waals surface area contributed by atoms with Crippen molar-refractivity contribution in [3.8, 4) is 0 Å². The summed E-state index contributed by atoms with van der Waals surface area (Å²) in [6.07, 6.45) is -0.332. The van der Waals surface area contributed by atoms with Crippen LogP contribution in [0.4, 0.5) is 0 Å². The van der Waals surface area contributed by atoms with Gasteiger partial charge in [0.2, 0.25) is 0 Å². The van der Waals surface area contributed by atoms with Gasteiger partial charge >= 0.3 is 11.9 Å². The van der Waals surface area contributed by atoms with Gasteiger partial charge in [-0.1, -0.05) is 146 Å². The molecule has 2 saturated heterocycles. The fraction of sp³-hybridized carbons (Fsp3) is 0.286. The molecule has 2 aliphatic heterocycles. The van der Waals surface area contributed by atoms with Crippen molar-refractivity contribution in [3.05, 3.63) is 206 Å². The van der Waals surface area contributed by atoms with Crippen molar-refractivity contribution in [1.29, 1.82) is 0 Å². The van der Waals surface area contributed by atoms with E-state index in [1.54, 1.807) is 48.5 Å². The van der Waals surface area contributed by atoms with Crippen molar-refractivity contribution in [3.63, 3.8) is 0 Å². The molecule has 0 bridgehead atoms. The number of morpholine rings is 2. The number of hydrogen-bond donors (Lipinski definition) is 2. The number of hydrogen-bond acceptors (Lipinski definition) is 6. The van der Waals surface area contributed by atoms with Gasteiger partial charge in [-0.2, -0.15) is 0 Å². The third-order valence-electron chi connectivity index (χ3n) is 12.7. The lowest BCUT2D eigenvalue weighted by molar-refractivity contribution is -0.184. The minimum atomic E-state index is -1.03. The molecule has 2 amide bonds. The van der Waals surface area contributed by atoms with Crippen LogP contribution in [-0.4, -0.2) is 68.1 Å². The molecule has 72 heavy (non-hydrogen) atoms. The summed E-state index contributed by atoms with van der Waals surface area (Å²) in [5.74, 6) is -2.73. The van der Waals surface area contributed by atoms with Gasteiger partial charge in [-0.3, -0.25) is 9.59 Å². The lowest BCUT2D eigenvalue weighted by Gasteiger charge is -2.47. The number of benzene rings is 6. The van der Waals surface area contributed by atoms with Crippen molar-refractivity contribution < 1.29 is 38.9 Å². The van der Waals surface area contributed by atoms with Crippen LogP contribution in [0.25, 0.3) is 0 Å². The van der Waals surface area contributed by atoms with Crippen LogP contribution in [0.5, 0.6) is 0 Å². The molecule has 376 valence electrons. The smallest absolute Gasteiger partial charge is 0.326 e. The Morgan fingerprint density at radius 2 is 0.764 bits per heavy atom. The second-order valence-corrected chi connectivity index (χ2v) is 21.9. The Labute approximate surface area is 467 Å². The van der Waals surface area contributed by atoms with Gasteiger partial charge in [-0.25, -0.2) is 9.59 Å². The maximum atomic E-state index is 14.0. The molecular formula is C56H52Cl4I2N2O8. The molecule has 10 nitrogen and oxygen atoms in total. The van der Waals surface area contributed by atoms with Gasteiger partial charge in [-0.05, 0) is 164 Å². The first kappa shape index (κ1) is 55.5. The Hall–Kier alpha value is -4.26. The predicted octanol–water partition coefficient (Wildman–Crippen LogP) is 14.2. The average Bonchev–Trinajstić information content (AvgIpc) is 3.36. The minimum absolute atomic E-state index is 0.328. The van der Waals surface area contributed by atoms with E-state index in [2.05, 4.69) is 45.2 Å².